The monoisotopic (exact) mass is 287 g/mol. The Morgan fingerprint density at radius 2 is 2.00 bits per heavy atom. The molecule has 0 saturated heterocycles. The highest BCUT2D eigenvalue weighted by atomic mass is 16.6. The Morgan fingerprint density at radius 1 is 1.29 bits per heavy atom. The van der Waals surface area contributed by atoms with Crippen molar-refractivity contribution in [3.8, 4) is 0 Å². The minimum Gasteiger partial charge on any atom is -0.318 e. The predicted octanol–water partition coefficient (Wildman–Crippen LogP) is 1.84. The SMILES string of the molecule is Cc1cccc(NC(=O)c2cccc([N+](=O)[O-])c2NN)n1. The summed E-state index contributed by atoms with van der Waals surface area (Å²) in [6.07, 6.45) is 0. The number of rotatable bonds is 4. The lowest BCUT2D eigenvalue weighted by atomic mass is 10.1. The second kappa shape index (κ2) is 5.97. The van der Waals surface area contributed by atoms with Crippen LogP contribution in [0, 0.1) is 17.0 Å². The molecule has 0 saturated carbocycles. The molecule has 0 atom stereocenters. The smallest absolute Gasteiger partial charge is 0.294 e. The lowest BCUT2D eigenvalue weighted by Gasteiger charge is -2.09. The van der Waals surface area contributed by atoms with E-state index in [0.717, 1.165) is 5.69 Å². The number of nitrogen functional groups attached to an aromatic ring is 1. The third-order valence-corrected chi connectivity index (χ3v) is 2.76. The first-order valence-corrected chi connectivity index (χ1v) is 6.02. The van der Waals surface area contributed by atoms with Crippen LogP contribution >= 0.6 is 0 Å². The molecule has 1 aromatic heterocycles. The van der Waals surface area contributed by atoms with E-state index >= 15 is 0 Å². The molecule has 0 fully saturated rings. The molecule has 0 spiro atoms. The van der Waals surface area contributed by atoms with E-state index in [-0.39, 0.29) is 16.9 Å². The van der Waals surface area contributed by atoms with Gasteiger partial charge in [0.2, 0.25) is 0 Å². The van der Waals surface area contributed by atoms with Crippen molar-refractivity contribution in [1.82, 2.24) is 4.98 Å². The van der Waals surface area contributed by atoms with Crippen molar-refractivity contribution in [2.24, 2.45) is 5.84 Å². The fraction of sp³-hybridized carbons (Fsp3) is 0.0769. The zero-order valence-electron chi connectivity index (χ0n) is 11.2. The first-order chi connectivity index (χ1) is 10.0. The Hall–Kier alpha value is -3.00. The summed E-state index contributed by atoms with van der Waals surface area (Å²) in [6.45, 7) is 1.79. The number of hydrogen-bond acceptors (Lipinski definition) is 6. The van der Waals surface area contributed by atoms with Gasteiger partial charge in [0, 0.05) is 11.8 Å². The number of amides is 1. The highest BCUT2D eigenvalue weighted by molar-refractivity contribution is 6.08. The van der Waals surface area contributed by atoms with Crippen LogP contribution in [-0.4, -0.2) is 15.8 Å². The Labute approximate surface area is 120 Å². The van der Waals surface area contributed by atoms with E-state index in [2.05, 4.69) is 15.7 Å². The summed E-state index contributed by atoms with van der Waals surface area (Å²) >= 11 is 0. The molecule has 21 heavy (non-hydrogen) atoms. The average Bonchev–Trinajstić information content (AvgIpc) is 2.46. The van der Waals surface area contributed by atoms with Crippen LogP contribution in [0.3, 0.4) is 0 Å². The summed E-state index contributed by atoms with van der Waals surface area (Å²) in [6, 6.07) is 9.27. The number of aromatic nitrogens is 1. The molecule has 1 aromatic carbocycles. The third-order valence-electron chi connectivity index (χ3n) is 2.76. The summed E-state index contributed by atoms with van der Waals surface area (Å²) in [4.78, 5) is 26.7. The van der Waals surface area contributed by atoms with Crippen LogP contribution in [-0.2, 0) is 0 Å². The molecule has 8 nitrogen and oxygen atoms in total. The number of anilines is 2. The molecule has 4 N–H and O–H groups in total. The first kappa shape index (κ1) is 14.4. The van der Waals surface area contributed by atoms with E-state index in [4.69, 9.17) is 5.84 Å². The van der Waals surface area contributed by atoms with Crippen molar-refractivity contribution in [2.45, 2.75) is 6.92 Å². The largest absolute Gasteiger partial charge is 0.318 e. The molecule has 0 radical (unpaired) electrons. The Morgan fingerprint density at radius 3 is 2.62 bits per heavy atom. The van der Waals surface area contributed by atoms with Gasteiger partial charge in [-0.3, -0.25) is 20.8 Å². The van der Waals surface area contributed by atoms with Gasteiger partial charge in [0.1, 0.15) is 11.5 Å². The van der Waals surface area contributed by atoms with E-state index < -0.39 is 10.8 Å². The van der Waals surface area contributed by atoms with Crippen LogP contribution < -0.4 is 16.6 Å². The van der Waals surface area contributed by atoms with Gasteiger partial charge in [0.05, 0.1) is 10.5 Å². The van der Waals surface area contributed by atoms with Crippen LogP contribution in [0.15, 0.2) is 36.4 Å². The zero-order chi connectivity index (χ0) is 15.4. The minimum atomic E-state index is -0.614. The van der Waals surface area contributed by atoms with Gasteiger partial charge in [-0.1, -0.05) is 12.1 Å². The van der Waals surface area contributed by atoms with Gasteiger partial charge in [0.25, 0.3) is 11.6 Å². The molecule has 0 aliphatic rings. The van der Waals surface area contributed by atoms with Gasteiger partial charge in [-0.2, -0.15) is 0 Å². The van der Waals surface area contributed by atoms with Gasteiger partial charge >= 0.3 is 0 Å². The van der Waals surface area contributed by atoms with Crippen molar-refractivity contribution in [3.63, 3.8) is 0 Å². The van der Waals surface area contributed by atoms with E-state index in [9.17, 15) is 14.9 Å². The predicted molar refractivity (Wildman–Crippen MR) is 77.8 cm³/mol. The molecule has 0 bridgehead atoms. The fourth-order valence-corrected chi connectivity index (χ4v) is 1.83. The van der Waals surface area contributed by atoms with Crippen LogP contribution in [0.5, 0.6) is 0 Å². The molecular formula is C13H13N5O3. The summed E-state index contributed by atoms with van der Waals surface area (Å²) in [5.74, 6) is 5.11. The van der Waals surface area contributed by atoms with E-state index in [1.165, 1.54) is 18.2 Å². The van der Waals surface area contributed by atoms with Crippen LogP contribution in [0.1, 0.15) is 16.1 Å². The summed E-state index contributed by atoms with van der Waals surface area (Å²) in [5, 5.41) is 13.5. The molecule has 0 unspecified atom stereocenters. The molecule has 0 aliphatic carbocycles. The van der Waals surface area contributed by atoms with Gasteiger partial charge in [-0.05, 0) is 25.1 Å². The summed E-state index contributed by atoms with van der Waals surface area (Å²) in [7, 11) is 0. The Balaban J connectivity index is 2.35. The number of aryl methyl sites for hydroxylation is 1. The van der Waals surface area contributed by atoms with E-state index in [1.807, 2.05) is 0 Å². The number of para-hydroxylation sites is 1. The molecule has 8 heteroatoms. The van der Waals surface area contributed by atoms with Crippen molar-refractivity contribution in [3.05, 3.63) is 57.8 Å². The van der Waals surface area contributed by atoms with Crippen molar-refractivity contribution in [2.75, 3.05) is 10.7 Å². The Kier molecular flexibility index (Phi) is 4.10. The highest BCUT2D eigenvalue weighted by Crippen LogP contribution is 2.27. The normalized spacial score (nSPS) is 10.0. The lowest BCUT2D eigenvalue weighted by molar-refractivity contribution is -0.384. The zero-order valence-corrected chi connectivity index (χ0v) is 11.2. The molecule has 2 rings (SSSR count). The molecule has 108 valence electrons. The second-order valence-electron chi connectivity index (χ2n) is 4.22. The number of nitrogens with zero attached hydrogens (tertiary/aromatic N) is 2. The molecular weight excluding hydrogens is 274 g/mol. The second-order valence-corrected chi connectivity index (χ2v) is 4.22. The average molecular weight is 287 g/mol. The fourth-order valence-electron chi connectivity index (χ4n) is 1.83. The minimum absolute atomic E-state index is 0.0485. The summed E-state index contributed by atoms with van der Waals surface area (Å²) in [5.41, 5.74) is 2.68. The number of pyridine rings is 1. The number of carbonyl (C=O) groups excluding carboxylic acids is 1. The van der Waals surface area contributed by atoms with Crippen LogP contribution in [0.25, 0.3) is 0 Å². The van der Waals surface area contributed by atoms with Gasteiger partial charge in [-0.15, -0.1) is 0 Å². The number of hydrogen-bond donors (Lipinski definition) is 3. The number of hydrazine groups is 1. The maximum absolute atomic E-state index is 12.2. The van der Waals surface area contributed by atoms with Crippen molar-refractivity contribution >= 4 is 23.1 Å². The van der Waals surface area contributed by atoms with E-state index in [0.29, 0.717) is 5.82 Å². The molecule has 0 aliphatic heterocycles. The van der Waals surface area contributed by atoms with Crippen molar-refractivity contribution < 1.29 is 9.72 Å². The molecule has 1 heterocycles. The number of carbonyl (C=O) groups is 1. The number of nitro groups is 1. The number of nitrogens with two attached hydrogens (primary N) is 1. The quantitative estimate of drug-likeness (QED) is 0.448. The van der Waals surface area contributed by atoms with E-state index in [1.54, 1.807) is 25.1 Å². The number of nitrogens with one attached hydrogen (secondary N) is 2. The number of nitro benzene ring substituents is 1. The van der Waals surface area contributed by atoms with Crippen molar-refractivity contribution in [1.29, 1.82) is 0 Å². The standard InChI is InChI=1S/C13H13N5O3/c1-8-4-2-7-11(15-8)16-13(19)9-5-3-6-10(18(20)21)12(9)17-14/h2-7,17H,14H2,1H3,(H,15,16,19). The maximum Gasteiger partial charge on any atom is 0.294 e. The summed E-state index contributed by atoms with van der Waals surface area (Å²) < 4.78 is 0. The van der Waals surface area contributed by atoms with Gasteiger partial charge < -0.3 is 10.7 Å². The van der Waals surface area contributed by atoms with Crippen LogP contribution in [0.4, 0.5) is 17.2 Å². The Bertz CT molecular complexity index is 702. The highest BCUT2D eigenvalue weighted by Gasteiger charge is 2.21. The lowest BCUT2D eigenvalue weighted by Crippen LogP contribution is -2.19. The number of benzene rings is 1. The van der Waals surface area contributed by atoms with Gasteiger partial charge in [0.15, 0.2) is 0 Å². The molecule has 2 aromatic rings. The van der Waals surface area contributed by atoms with Gasteiger partial charge in [-0.25, -0.2) is 4.98 Å². The maximum atomic E-state index is 12.2. The topological polar surface area (TPSA) is 123 Å². The molecule has 1 amide bonds. The first-order valence-electron chi connectivity index (χ1n) is 6.02. The van der Waals surface area contributed by atoms with Crippen LogP contribution in [0.2, 0.25) is 0 Å². The third kappa shape index (κ3) is 3.12.